The molecule has 2 rings (SSSR count). The molecule has 1 aliphatic carbocycles. The Morgan fingerprint density at radius 2 is 1.59 bits per heavy atom. The van der Waals surface area contributed by atoms with E-state index in [9.17, 15) is 15.0 Å². The van der Waals surface area contributed by atoms with Gasteiger partial charge in [0, 0.05) is 18.4 Å². The maximum atomic E-state index is 12.2. The molecule has 0 aliphatic heterocycles. The highest BCUT2D eigenvalue weighted by Gasteiger charge is 2.51. The molecule has 162 valence electrons. The molecule has 0 amide bonds. The zero-order valence-electron chi connectivity index (χ0n) is 18.3. The number of aliphatic carboxylic acids is 1. The van der Waals surface area contributed by atoms with Gasteiger partial charge in [-0.05, 0) is 28.3 Å². The summed E-state index contributed by atoms with van der Waals surface area (Å²) in [6, 6.07) is 9.68. The Morgan fingerprint density at radius 1 is 1.07 bits per heavy atom. The van der Waals surface area contributed by atoms with E-state index >= 15 is 0 Å². The lowest BCUT2D eigenvalue weighted by molar-refractivity contribution is -0.145. The molecule has 0 aromatic heterocycles. The predicted molar refractivity (Wildman–Crippen MR) is 124 cm³/mol. The highest BCUT2D eigenvalue weighted by molar-refractivity contribution is 9.09. The first-order valence-corrected chi connectivity index (χ1v) is 13.6. The third-order valence-electron chi connectivity index (χ3n) is 6.52. The van der Waals surface area contributed by atoms with Crippen molar-refractivity contribution >= 4 is 30.2 Å². The van der Waals surface area contributed by atoms with E-state index in [1.807, 2.05) is 36.4 Å². The van der Waals surface area contributed by atoms with Crippen molar-refractivity contribution < 1.29 is 19.4 Å². The quantitative estimate of drug-likeness (QED) is 0.355. The van der Waals surface area contributed by atoms with Gasteiger partial charge < -0.3 is 14.6 Å². The largest absolute Gasteiger partial charge is 0.545 e. The van der Waals surface area contributed by atoms with Crippen molar-refractivity contribution in [1.82, 2.24) is 0 Å². The molecule has 0 saturated heterocycles. The summed E-state index contributed by atoms with van der Waals surface area (Å²) in [5, 5.41) is 20.1. The van der Waals surface area contributed by atoms with Crippen molar-refractivity contribution in [3.63, 3.8) is 0 Å². The zero-order valence-corrected chi connectivity index (χ0v) is 20.9. The SMILES string of the molecule is CC(C)[Si](OC1=C[C@@H](c2ccccc2)[C@@H](C(=O)O)[C@@H](CO)C1Br)(C(C)C)C(C)C. The van der Waals surface area contributed by atoms with E-state index in [4.69, 9.17) is 4.43 Å². The molecule has 0 radical (unpaired) electrons. The molecule has 2 N–H and O–H groups in total. The molecule has 1 aromatic rings. The number of halogens is 1. The highest BCUT2D eigenvalue weighted by atomic mass is 79.9. The second-order valence-electron chi connectivity index (χ2n) is 9.04. The minimum absolute atomic E-state index is 0.212. The molecule has 0 heterocycles. The molecule has 1 aromatic carbocycles. The molecule has 0 bridgehead atoms. The molecule has 1 aliphatic rings. The maximum absolute atomic E-state index is 12.2. The van der Waals surface area contributed by atoms with Crippen LogP contribution in [-0.2, 0) is 9.22 Å². The average molecular weight is 484 g/mol. The molecule has 4 nitrogen and oxygen atoms in total. The monoisotopic (exact) mass is 482 g/mol. The second kappa shape index (κ2) is 9.80. The first kappa shape index (κ1) is 24.2. The van der Waals surface area contributed by atoms with Crippen LogP contribution in [0.5, 0.6) is 0 Å². The standard InChI is InChI=1S/C23H35BrO4Si/c1-14(2)29(15(3)4,16(5)6)28-20-12-18(17-10-8-7-9-11-17)21(23(26)27)19(13-25)22(20)24/h7-12,14-16,18-19,21-22,25H,13H2,1-6H3,(H,26,27)/t18-,19+,21+,22?/m0/s1. The van der Waals surface area contributed by atoms with E-state index in [0.717, 1.165) is 11.3 Å². The van der Waals surface area contributed by atoms with Gasteiger partial charge in [0.15, 0.2) is 0 Å². The molecule has 29 heavy (non-hydrogen) atoms. The lowest BCUT2D eigenvalue weighted by Crippen LogP contribution is -2.50. The van der Waals surface area contributed by atoms with Crippen LogP contribution in [-0.4, -0.2) is 35.9 Å². The number of allylic oxidation sites excluding steroid dienone is 2. The third-order valence-corrected chi connectivity index (χ3v) is 13.7. The number of carboxylic acids is 1. The Kier molecular flexibility index (Phi) is 8.16. The van der Waals surface area contributed by atoms with E-state index in [-0.39, 0.29) is 17.4 Å². The van der Waals surface area contributed by atoms with E-state index in [2.05, 4.69) is 57.5 Å². The van der Waals surface area contributed by atoms with E-state index in [0.29, 0.717) is 16.6 Å². The maximum Gasteiger partial charge on any atom is 0.307 e. The van der Waals surface area contributed by atoms with Crippen LogP contribution in [0.4, 0.5) is 0 Å². The number of carbonyl (C=O) groups is 1. The predicted octanol–water partition coefficient (Wildman–Crippen LogP) is 5.93. The Labute approximate surface area is 184 Å². The molecule has 4 atom stereocenters. The summed E-state index contributed by atoms with van der Waals surface area (Å²) < 4.78 is 6.94. The van der Waals surface area contributed by atoms with Crippen LogP contribution in [0.15, 0.2) is 42.2 Å². The van der Waals surface area contributed by atoms with Crippen molar-refractivity contribution in [2.24, 2.45) is 11.8 Å². The Morgan fingerprint density at radius 3 is 2.00 bits per heavy atom. The molecule has 0 saturated carbocycles. The van der Waals surface area contributed by atoms with Crippen LogP contribution in [0.2, 0.25) is 16.6 Å². The van der Waals surface area contributed by atoms with E-state index in [1.165, 1.54) is 0 Å². The topological polar surface area (TPSA) is 66.8 Å². The van der Waals surface area contributed by atoms with Gasteiger partial charge in [-0.3, -0.25) is 4.79 Å². The van der Waals surface area contributed by atoms with Crippen LogP contribution in [0.3, 0.4) is 0 Å². The van der Waals surface area contributed by atoms with E-state index < -0.39 is 26.1 Å². The second-order valence-corrected chi connectivity index (χ2v) is 15.4. The molecular formula is C23H35BrO4Si. The number of hydrogen-bond acceptors (Lipinski definition) is 3. The van der Waals surface area contributed by atoms with Crippen molar-refractivity contribution in [1.29, 1.82) is 0 Å². The molecular weight excluding hydrogens is 448 g/mol. The van der Waals surface area contributed by atoms with Crippen LogP contribution in [0, 0.1) is 11.8 Å². The summed E-state index contributed by atoms with van der Waals surface area (Å²) in [6.45, 7) is 13.2. The van der Waals surface area contributed by atoms with Gasteiger partial charge in [0.05, 0.1) is 16.5 Å². The summed E-state index contributed by atoms with van der Waals surface area (Å²) in [5.74, 6) is -1.62. The fourth-order valence-corrected chi connectivity index (χ4v) is 11.4. The summed E-state index contributed by atoms with van der Waals surface area (Å²) in [4.78, 5) is 11.9. The number of rotatable bonds is 8. The normalized spacial score (nSPS) is 25.4. The van der Waals surface area contributed by atoms with Crippen molar-refractivity contribution in [2.45, 2.75) is 68.9 Å². The first-order chi connectivity index (χ1) is 13.6. The lowest BCUT2D eigenvalue weighted by atomic mass is 9.72. The molecule has 6 heteroatoms. The van der Waals surface area contributed by atoms with Gasteiger partial charge in [-0.2, -0.15) is 0 Å². The summed E-state index contributed by atoms with van der Waals surface area (Å²) in [6.07, 6.45) is 1.99. The lowest BCUT2D eigenvalue weighted by Gasteiger charge is -2.46. The van der Waals surface area contributed by atoms with Crippen LogP contribution in [0.25, 0.3) is 0 Å². The van der Waals surface area contributed by atoms with Gasteiger partial charge in [0.2, 0.25) is 0 Å². The highest BCUT2D eigenvalue weighted by Crippen LogP contribution is 2.49. The number of alkyl halides is 1. The number of aliphatic hydroxyl groups is 1. The van der Waals surface area contributed by atoms with Crippen LogP contribution < -0.4 is 0 Å². The smallest absolute Gasteiger partial charge is 0.307 e. The Bertz CT molecular complexity index is 695. The number of carboxylic acid groups (broad SMARTS) is 1. The Hall–Kier alpha value is -1.11. The number of aliphatic hydroxyl groups excluding tert-OH is 1. The van der Waals surface area contributed by atoms with Crippen molar-refractivity contribution in [3.8, 4) is 0 Å². The molecule has 0 fully saturated rings. The van der Waals surface area contributed by atoms with Crippen LogP contribution >= 0.6 is 15.9 Å². The van der Waals surface area contributed by atoms with Crippen molar-refractivity contribution in [3.05, 3.63) is 47.7 Å². The van der Waals surface area contributed by atoms with E-state index in [1.54, 1.807) is 0 Å². The average Bonchev–Trinajstić information content (AvgIpc) is 2.66. The summed E-state index contributed by atoms with van der Waals surface area (Å²) >= 11 is 3.70. The van der Waals surface area contributed by atoms with Crippen molar-refractivity contribution in [2.75, 3.05) is 6.61 Å². The van der Waals surface area contributed by atoms with Crippen LogP contribution in [0.1, 0.15) is 53.0 Å². The zero-order chi connectivity index (χ0) is 21.9. The van der Waals surface area contributed by atoms with Gasteiger partial charge in [0.1, 0.15) is 0 Å². The fraction of sp³-hybridized carbons (Fsp3) is 0.609. The van der Waals surface area contributed by atoms with Gasteiger partial charge in [-0.15, -0.1) is 0 Å². The Balaban J connectivity index is 2.61. The van der Waals surface area contributed by atoms with Gasteiger partial charge in [-0.1, -0.05) is 87.8 Å². The number of benzene rings is 1. The summed E-state index contributed by atoms with van der Waals surface area (Å²) in [5.41, 5.74) is 2.15. The molecule has 0 spiro atoms. The minimum atomic E-state index is -2.21. The molecule has 1 unspecified atom stereocenters. The van der Waals surface area contributed by atoms with Gasteiger partial charge in [-0.25, -0.2) is 0 Å². The van der Waals surface area contributed by atoms with Gasteiger partial charge in [0.25, 0.3) is 8.32 Å². The first-order valence-electron chi connectivity index (χ1n) is 10.5. The van der Waals surface area contributed by atoms with Gasteiger partial charge >= 0.3 is 5.97 Å². The fourth-order valence-electron chi connectivity index (χ4n) is 5.20. The third kappa shape index (κ3) is 4.64. The number of hydrogen-bond donors (Lipinski definition) is 2. The minimum Gasteiger partial charge on any atom is -0.545 e. The summed E-state index contributed by atoms with van der Waals surface area (Å²) in [7, 11) is -2.21.